The van der Waals surface area contributed by atoms with Crippen LogP contribution in [-0.2, 0) is 28.8 Å². The predicted octanol–water partition coefficient (Wildman–Crippen LogP) is 0.440. The number of aliphatic hydroxyl groups excluding tert-OH is 3. The van der Waals surface area contributed by atoms with Crippen molar-refractivity contribution < 1.29 is 49.2 Å². The predicted molar refractivity (Wildman–Crippen MR) is 184 cm³/mol. The van der Waals surface area contributed by atoms with Crippen LogP contribution in [0.25, 0.3) is 0 Å². The van der Waals surface area contributed by atoms with Crippen molar-refractivity contribution in [3.8, 4) is 0 Å². The van der Waals surface area contributed by atoms with E-state index in [4.69, 9.17) is 5.11 Å². The molecule has 9 N–H and O–H groups in total. The molecule has 0 spiro atoms. The number of carboxylic acid groups (broad SMARTS) is 1. The molecule has 0 aromatic carbocycles. The van der Waals surface area contributed by atoms with E-state index in [-0.39, 0.29) is 54.8 Å². The Morgan fingerprint density at radius 3 is 1.33 bits per heavy atom. The van der Waals surface area contributed by atoms with Gasteiger partial charge in [-0.3, -0.25) is 28.8 Å². The second-order valence-corrected chi connectivity index (χ2v) is 14.8. The molecular formula is C34H63N5O10. The van der Waals surface area contributed by atoms with E-state index >= 15 is 0 Å². The Bertz CT molecular complexity index is 1080. The van der Waals surface area contributed by atoms with Gasteiger partial charge in [0.05, 0.1) is 43.7 Å². The van der Waals surface area contributed by atoms with Gasteiger partial charge in [0, 0.05) is 6.42 Å². The highest BCUT2D eigenvalue weighted by Gasteiger charge is 2.34. The first kappa shape index (κ1) is 45.7. The summed E-state index contributed by atoms with van der Waals surface area (Å²) in [4.78, 5) is 76.1. The molecule has 0 saturated carbocycles. The van der Waals surface area contributed by atoms with Crippen molar-refractivity contribution in [2.24, 2.45) is 29.6 Å². The summed E-state index contributed by atoms with van der Waals surface area (Å²) in [5.41, 5.74) is 0. The van der Waals surface area contributed by atoms with Crippen molar-refractivity contribution in [2.45, 2.75) is 144 Å². The third-order valence-electron chi connectivity index (χ3n) is 7.75. The Morgan fingerprint density at radius 1 is 0.510 bits per heavy atom. The molecule has 0 aliphatic rings. The van der Waals surface area contributed by atoms with Crippen LogP contribution in [0, 0.1) is 29.6 Å². The Kier molecular flexibility index (Phi) is 20.9. The number of hydrogen-bond acceptors (Lipinski definition) is 9. The number of hydrogen-bond donors (Lipinski definition) is 9. The van der Waals surface area contributed by atoms with Crippen molar-refractivity contribution in [1.82, 2.24) is 26.6 Å². The number of aliphatic hydroxyl groups is 3. The Hall–Kier alpha value is -3.30. The van der Waals surface area contributed by atoms with Gasteiger partial charge in [0.2, 0.25) is 29.5 Å². The first-order valence-electron chi connectivity index (χ1n) is 17.3. The van der Waals surface area contributed by atoms with Crippen molar-refractivity contribution in [1.29, 1.82) is 0 Å². The van der Waals surface area contributed by atoms with E-state index < -0.39 is 91.5 Å². The summed E-state index contributed by atoms with van der Waals surface area (Å²) < 4.78 is 0. The average molecular weight is 702 g/mol. The van der Waals surface area contributed by atoms with Gasteiger partial charge < -0.3 is 47.0 Å². The molecule has 5 amide bonds. The van der Waals surface area contributed by atoms with Gasteiger partial charge in [0.25, 0.3) is 0 Å². The lowest BCUT2D eigenvalue weighted by atomic mass is 9.95. The highest BCUT2D eigenvalue weighted by molar-refractivity contribution is 5.92. The van der Waals surface area contributed by atoms with Crippen LogP contribution < -0.4 is 26.6 Å². The number of carbonyl (C=O) groups is 6. The Balaban J connectivity index is 5.72. The Morgan fingerprint density at radius 2 is 0.918 bits per heavy atom. The third kappa shape index (κ3) is 18.3. The molecule has 0 fully saturated rings. The molecule has 0 radical (unpaired) electrons. The van der Waals surface area contributed by atoms with Gasteiger partial charge in [-0.2, -0.15) is 0 Å². The van der Waals surface area contributed by atoms with E-state index in [2.05, 4.69) is 26.6 Å². The lowest BCUT2D eigenvalue weighted by molar-refractivity contribution is -0.140. The molecule has 49 heavy (non-hydrogen) atoms. The molecule has 0 rings (SSSR count). The molecule has 7 unspecified atom stereocenters. The highest BCUT2D eigenvalue weighted by atomic mass is 16.4. The van der Waals surface area contributed by atoms with Crippen LogP contribution in [-0.4, -0.2) is 105 Å². The standard InChI is InChI=1S/C34H63N5O10/c1-17(2)11-22(37-33(48)31(21(9)10)39-34(49)30(20(7)8)38-27(43)13-19(5)6)25(41)14-28(44)35-24(16-40)32(47)36-23(12-18(3)4)26(42)15-29(45)46/h17-26,30-31,40-42H,11-16H2,1-10H3,(H,35,44)(H,36,47)(H,37,48)(H,38,43)(H,39,49)(H,45,46). The minimum atomic E-state index is -1.46. The first-order chi connectivity index (χ1) is 22.6. The number of aliphatic carboxylic acids is 1. The zero-order chi connectivity index (χ0) is 38.2. The zero-order valence-electron chi connectivity index (χ0n) is 30.9. The third-order valence-corrected chi connectivity index (χ3v) is 7.75. The van der Waals surface area contributed by atoms with Crippen LogP contribution >= 0.6 is 0 Å². The van der Waals surface area contributed by atoms with E-state index in [0.29, 0.717) is 0 Å². The van der Waals surface area contributed by atoms with E-state index in [1.54, 1.807) is 27.7 Å². The zero-order valence-corrected chi connectivity index (χ0v) is 30.9. The molecule has 0 heterocycles. The summed E-state index contributed by atoms with van der Waals surface area (Å²) in [6.45, 7) is 17.4. The van der Waals surface area contributed by atoms with E-state index in [1.807, 2.05) is 41.5 Å². The monoisotopic (exact) mass is 701 g/mol. The molecule has 0 aromatic heterocycles. The summed E-state index contributed by atoms with van der Waals surface area (Å²) in [6, 6.07) is -5.23. The number of nitrogens with one attached hydrogen (secondary N) is 5. The van der Waals surface area contributed by atoms with E-state index in [1.165, 1.54) is 0 Å². The van der Waals surface area contributed by atoms with Crippen molar-refractivity contribution in [3.63, 3.8) is 0 Å². The Labute approximate surface area is 291 Å². The number of carboxylic acids is 1. The highest BCUT2D eigenvalue weighted by Crippen LogP contribution is 2.15. The SMILES string of the molecule is CC(C)CC(=O)NC(C(=O)NC(C(=O)NC(CC(C)C)C(O)CC(=O)NC(CO)C(=O)NC(CC(C)C)C(O)CC(=O)O)C(C)C)C(C)C. The number of rotatable bonds is 23. The second-order valence-electron chi connectivity index (χ2n) is 14.8. The maximum atomic E-state index is 13.5. The maximum absolute atomic E-state index is 13.5. The summed E-state index contributed by atoms with van der Waals surface area (Å²) in [6.07, 6.45) is -3.23. The summed E-state index contributed by atoms with van der Waals surface area (Å²) >= 11 is 0. The molecule has 0 aromatic rings. The molecule has 0 aliphatic heterocycles. The van der Waals surface area contributed by atoms with Gasteiger partial charge in [-0.25, -0.2) is 0 Å². The fourth-order valence-corrected chi connectivity index (χ4v) is 5.21. The van der Waals surface area contributed by atoms with Gasteiger partial charge in [-0.05, 0) is 42.4 Å². The summed E-state index contributed by atoms with van der Waals surface area (Å²) in [7, 11) is 0. The van der Waals surface area contributed by atoms with Gasteiger partial charge >= 0.3 is 5.97 Å². The quantitative estimate of drug-likeness (QED) is 0.0712. The molecule has 0 aliphatic carbocycles. The van der Waals surface area contributed by atoms with Crippen LogP contribution in [0.3, 0.4) is 0 Å². The lowest BCUT2D eigenvalue weighted by Crippen LogP contribution is -2.59. The van der Waals surface area contributed by atoms with Crippen LogP contribution in [0.5, 0.6) is 0 Å². The van der Waals surface area contributed by atoms with Crippen LogP contribution in [0.1, 0.15) is 101 Å². The maximum Gasteiger partial charge on any atom is 0.306 e. The molecule has 15 heteroatoms. The summed E-state index contributed by atoms with van der Waals surface area (Å²) in [5.74, 6) is -4.89. The van der Waals surface area contributed by atoms with Gasteiger partial charge in [0.15, 0.2) is 0 Å². The lowest BCUT2D eigenvalue weighted by Gasteiger charge is -2.31. The topological polar surface area (TPSA) is 243 Å². The molecule has 15 nitrogen and oxygen atoms in total. The van der Waals surface area contributed by atoms with Crippen molar-refractivity contribution in [3.05, 3.63) is 0 Å². The molecule has 7 atom stereocenters. The van der Waals surface area contributed by atoms with Gasteiger partial charge in [0.1, 0.15) is 18.1 Å². The molecular weight excluding hydrogens is 638 g/mol. The smallest absolute Gasteiger partial charge is 0.306 e. The van der Waals surface area contributed by atoms with Crippen molar-refractivity contribution >= 4 is 35.5 Å². The van der Waals surface area contributed by atoms with Crippen LogP contribution in [0.2, 0.25) is 0 Å². The number of carbonyl (C=O) groups excluding carboxylic acids is 5. The normalized spacial score (nSPS) is 16.0. The summed E-state index contributed by atoms with van der Waals surface area (Å²) in [5, 5.41) is 53.4. The molecule has 0 saturated heterocycles. The minimum Gasteiger partial charge on any atom is -0.481 e. The minimum absolute atomic E-state index is 0.0185. The largest absolute Gasteiger partial charge is 0.481 e. The van der Waals surface area contributed by atoms with E-state index in [9.17, 15) is 44.1 Å². The van der Waals surface area contributed by atoms with Gasteiger partial charge in [-0.15, -0.1) is 0 Å². The van der Waals surface area contributed by atoms with Crippen molar-refractivity contribution in [2.75, 3.05) is 6.61 Å². The average Bonchev–Trinajstić information content (AvgIpc) is 2.94. The molecule has 0 bridgehead atoms. The van der Waals surface area contributed by atoms with Crippen LogP contribution in [0.15, 0.2) is 0 Å². The fraction of sp³-hybridized carbons (Fsp3) is 0.824. The molecule has 284 valence electrons. The van der Waals surface area contributed by atoms with Gasteiger partial charge in [-0.1, -0.05) is 69.2 Å². The number of amides is 5. The first-order valence-corrected chi connectivity index (χ1v) is 17.3. The van der Waals surface area contributed by atoms with Crippen LogP contribution in [0.4, 0.5) is 0 Å². The van der Waals surface area contributed by atoms with E-state index in [0.717, 1.165) is 0 Å². The second kappa shape index (κ2) is 22.4. The fourth-order valence-electron chi connectivity index (χ4n) is 5.21.